The van der Waals surface area contributed by atoms with Crippen LogP contribution in [0.1, 0.15) is 37.2 Å². The molecule has 2 aromatic rings. The predicted octanol–water partition coefficient (Wildman–Crippen LogP) is 3.44. The van der Waals surface area contributed by atoms with Crippen LogP contribution in [-0.4, -0.2) is 21.1 Å². The van der Waals surface area contributed by atoms with Crippen molar-refractivity contribution in [3.63, 3.8) is 0 Å². The minimum atomic E-state index is -0.00558. The molecular weight excluding hydrogens is 266 g/mol. The van der Waals surface area contributed by atoms with Crippen LogP contribution in [0.2, 0.25) is 0 Å². The van der Waals surface area contributed by atoms with E-state index in [2.05, 4.69) is 47.7 Å². The lowest BCUT2D eigenvalue weighted by molar-refractivity contribution is 0.545. The van der Waals surface area contributed by atoms with E-state index in [1.54, 1.807) is 0 Å². The van der Waals surface area contributed by atoms with Gasteiger partial charge in [0.1, 0.15) is 0 Å². The normalized spacial score (nSPS) is 14.2. The van der Waals surface area contributed by atoms with Gasteiger partial charge in [-0.1, -0.05) is 37.3 Å². The van der Waals surface area contributed by atoms with Gasteiger partial charge in [0.2, 0.25) is 0 Å². The highest BCUT2D eigenvalue weighted by molar-refractivity contribution is 7.99. The fourth-order valence-electron chi connectivity index (χ4n) is 2.31. The van der Waals surface area contributed by atoms with Gasteiger partial charge in [-0.05, 0) is 24.7 Å². The van der Waals surface area contributed by atoms with E-state index >= 15 is 0 Å². The van der Waals surface area contributed by atoms with E-state index in [9.17, 15) is 0 Å². The molecule has 0 aliphatic heterocycles. The van der Waals surface area contributed by atoms with Crippen molar-refractivity contribution in [2.24, 2.45) is 5.73 Å². The number of thioether (sulfide) groups is 1. The van der Waals surface area contributed by atoms with Crippen molar-refractivity contribution in [2.75, 3.05) is 11.5 Å². The van der Waals surface area contributed by atoms with Gasteiger partial charge in [-0.3, -0.25) is 0 Å². The highest BCUT2D eigenvalue weighted by Gasteiger charge is 2.15. The molecule has 20 heavy (non-hydrogen) atoms. The summed E-state index contributed by atoms with van der Waals surface area (Å²) in [6.45, 7) is 4.41. The molecule has 0 saturated heterocycles. The lowest BCUT2D eigenvalue weighted by atomic mass is 10.0. The molecule has 0 aliphatic carbocycles. The van der Waals surface area contributed by atoms with E-state index in [4.69, 9.17) is 5.73 Å². The summed E-state index contributed by atoms with van der Waals surface area (Å²) in [5.74, 6) is 2.24. The second-order valence-electron chi connectivity index (χ2n) is 5.03. The van der Waals surface area contributed by atoms with Crippen LogP contribution in [0.3, 0.4) is 0 Å². The lowest BCUT2D eigenvalue weighted by Crippen LogP contribution is -2.20. The minimum absolute atomic E-state index is 0.00558. The van der Waals surface area contributed by atoms with Gasteiger partial charge in [0, 0.05) is 18.0 Å². The number of hydrogen-bond acceptors (Lipinski definition) is 3. The molecule has 2 N–H and O–H groups in total. The number of benzene rings is 1. The molecule has 0 fully saturated rings. The molecule has 2 rings (SSSR count). The Morgan fingerprint density at radius 2 is 2.05 bits per heavy atom. The lowest BCUT2D eigenvalue weighted by Gasteiger charge is -2.20. The Hall–Kier alpha value is -1.26. The van der Waals surface area contributed by atoms with Crippen molar-refractivity contribution < 1.29 is 0 Å². The molecule has 1 aromatic carbocycles. The highest BCUT2D eigenvalue weighted by atomic mass is 32.2. The zero-order chi connectivity index (χ0) is 14.4. The Labute approximate surface area is 125 Å². The van der Waals surface area contributed by atoms with Crippen molar-refractivity contribution in [1.29, 1.82) is 0 Å². The van der Waals surface area contributed by atoms with Crippen LogP contribution >= 0.6 is 11.8 Å². The molecule has 0 spiro atoms. The van der Waals surface area contributed by atoms with E-state index in [-0.39, 0.29) is 6.04 Å². The molecule has 1 unspecified atom stereocenters. The molecule has 1 aromatic heterocycles. The Morgan fingerprint density at radius 1 is 1.30 bits per heavy atom. The molecule has 108 valence electrons. The van der Waals surface area contributed by atoms with Crippen LogP contribution < -0.4 is 5.73 Å². The Kier molecular flexibility index (Phi) is 5.68. The summed E-state index contributed by atoms with van der Waals surface area (Å²) in [6, 6.07) is 10.8. The average molecular weight is 289 g/mol. The Bertz CT molecular complexity index is 509. The fraction of sp³-hybridized carbons (Fsp3) is 0.438. The largest absolute Gasteiger partial charge is 0.330 e. The van der Waals surface area contributed by atoms with Gasteiger partial charge in [0.05, 0.1) is 18.1 Å². The van der Waals surface area contributed by atoms with Crippen LogP contribution in [0.5, 0.6) is 0 Å². The van der Waals surface area contributed by atoms with E-state index in [1.165, 1.54) is 5.56 Å². The Balaban J connectivity index is 2.07. The maximum absolute atomic E-state index is 6.37. The summed E-state index contributed by atoms with van der Waals surface area (Å²) < 4.78 is 2.22. The summed E-state index contributed by atoms with van der Waals surface area (Å²) in [4.78, 5) is 4.29. The molecule has 0 radical (unpaired) electrons. The molecular formula is C16H23N3S. The first-order valence-electron chi connectivity index (χ1n) is 7.11. The summed E-state index contributed by atoms with van der Waals surface area (Å²) >= 11 is 1.95. The fourth-order valence-corrected chi connectivity index (χ4v) is 3.05. The van der Waals surface area contributed by atoms with Gasteiger partial charge >= 0.3 is 0 Å². The number of rotatable bonds is 7. The van der Waals surface area contributed by atoms with Crippen molar-refractivity contribution in [3.05, 3.63) is 54.1 Å². The van der Waals surface area contributed by atoms with Crippen molar-refractivity contribution in [1.82, 2.24) is 9.55 Å². The zero-order valence-electron chi connectivity index (χ0n) is 12.2. The summed E-state index contributed by atoms with van der Waals surface area (Å²) in [6.07, 6.45) is 4.65. The SMILES string of the molecule is CCSCC(C)n1cncc1[C@H](N)Cc1ccccc1. The zero-order valence-corrected chi connectivity index (χ0v) is 13.0. The van der Waals surface area contributed by atoms with Crippen LogP contribution in [0.15, 0.2) is 42.9 Å². The first-order chi connectivity index (χ1) is 9.72. The number of hydrogen-bond donors (Lipinski definition) is 1. The Morgan fingerprint density at radius 3 is 2.75 bits per heavy atom. The summed E-state index contributed by atoms with van der Waals surface area (Å²) in [5.41, 5.74) is 8.76. The van der Waals surface area contributed by atoms with Gasteiger partial charge in [0.25, 0.3) is 0 Å². The molecule has 1 heterocycles. The minimum Gasteiger partial charge on any atom is -0.330 e. The monoisotopic (exact) mass is 289 g/mol. The smallest absolute Gasteiger partial charge is 0.0951 e. The molecule has 3 nitrogen and oxygen atoms in total. The van der Waals surface area contributed by atoms with Gasteiger partial charge in [-0.25, -0.2) is 4.98 Å². The molecule has 4 heteroatoms. The number of nitrogens with two attached hydrogens (primary N) is 1. The van der Waals surface area contributed by atoms with Crippen molar-refractivity contribution >= 4 is 11.8 Å². The van der Waals surface area contributed by atoms with Gasteiger partial charge in [-0.15, -0.1) is 0 Å². The van der Waals surface area contributed by atoms with Crippen LogP contribution in [0.25, 0.3) is 0 Å². The molecule has 0 aliphatic rings. The number of aromatic nitrogens is 2. The highest BCUT2D eigenvalue weighted by Crippen LogP contribution is 2.21. The molecule has 2 atom stereocenters. The molecule has 0 saturated carbocycles. The summed E-state index contributed by atoms with van der Waals surface area (Å²) in [5, 5.41) is 0. The number of nitrogens with zero attached hydrogens (tertiary/aromatic N) is 2. The van der Waals surface area contributed by atoms with Gasteiger partial charge < -0.3 is 10.3 Å². The van der Waals surface area contributed by atoms with Crippen molar-refractivity contribution in [2.45, 2.75) is 32.4 Å². The van der Waals surface area contributed by atoms with E-state index in [0.717, 1.165) is 23.6 Å². The molecule has 0 amide bonds. The third-order valence-corrected chi connectivity index (χ3v) is 4.54. The van der Waals surface area contributed by atoms with E-state index < -0.39 is 0 Å². The maximum Gasteiger partial charge on any atom is 0.0951 e. The number of imidazole rings is 1. The average Bonchev–Trinajstić information content (AvgIpc) is 2.95. The predicted molar refractivity (Wildman–Crippen MR) is 87.0 cm³/mol. The van der Waals surface area contributed by atoms with Crippen molar-refractivity contribution in [3.8, 4) is 0 Å². The first-order valence-corrected chi connectivity index (χ1v) is 8.26. The maximum atomic E-state index is 6.37. The third kappa shape index (κ3) is 3.87. The van der Waals surface area contributed by atoms with E-state index in [1.807, 2.05) is 30.4 Å². The van der Waals surface area contributed by atoms with Gasteiger partial charge in [0.15, 0.2) is 0 Å². The first kappa shape index (κ1) is 15.1. The topological polar surface area (TPSA) is 43.8 Å². The third-order valence-electron chi connectivity index (χ3n) is 3.41. The molecule has 0 bridgehead atoms. The second kappa shape index (κ2) is 7.50. The van der Waals surface area contributed by atoms with E-state index in [0.29, 0.717) is 6.04 Å². The van der Waals surface area contributed by atoms with Crippen LogP contribution in [0, 0.1) is 0 Å². The quantitative estimate of drug-likeness (QED) is 0.849. The van der Waals surface area contributed by atoms with Gasteiger partial charge in [-0.2, -0.15) is 11.8 Å². The van der Waals surface area contributed by atoms with Crippen LogP contribution in [-0.2, 0) is 6.42 Å². The standard InChI is InChI=1S/C16H23N3S/c1-3-20-11-13(2)19-12-18-10-16(19)15(17)9-14-7-5-4-6-8-14/h4-8,10,12-13,15H,3,9,11,17H2,1-2H3/t13?,15-/m1/s1. The second-order valence-corrected chi connectivity index (χ2v) is 6.35. The van der Waals surface area contributed by atoms with Crippen LogP contribution in [0.4, 0.5) is 0 Å². The summed E-state index contributed by atoms with van der Waals surface area (Å²) in [7, 11) is 0.